The molecule has 0 atom stereocenters. The molecule has 0 fully saturated rings. The van der Waals surface area contributed by atoms with Crippen LogP contribution in [0.2, 0.25) is 0 Å². The first-order valence-electron chi connectivity index (χ1n) is 3.59. The Morgan fingerprint density at radius 3 is 2.40 bits per heavy atom. The number of amides is 1. The fourth-order valence-electron chi connectivity index (χ4n) is 1.17. The van der Waals surface area contributed by atoms with Crippen molar-refractivity contribution in [3.63, 3.8) is 0 Å². The molecular weight excluding hydrogens is 126 g/mol. The van der Waals surface area contributed by atoms with Gasteiger partial charge in [0.05, 0.1) is 5.54 Å². The zero-order valence-corrected chi connectivity index (χ0v) is 6.69. The van der Waals surface area contributed by atoms with Crippen molar-refractivity contribution in [1.29, 1.82) is 0 Å². The standard InChI is InChI=1S/C8H13NO/c1-4-6-5-8(2,3)9-7(6)10/h5H,4H2,1-3H3,(H,9,10). The van der Waals surface area contributed by atoms with Crippen molar-refractivity contribution < 1.29 is 4.79 Å². The summed E-state index contributed by atoms with van der Waals surface area (Å²) >= 11 is 0. The maximum absolute atomic E-state index is 11.0. The fraction of sp³-hybridized carbons (Fsp3) is 0.625. The van der Waals surface area contributed by atoms with Crippen molar-refractivity contribution in [3.05, 3.63) is 11.6 Å². The van der Waals surface area contributed by atoms with Gasteiger partial charge in [0.1, 0.15) is 0 Å². The summed E-state index contributed by atoms with van der Waals surface area (Å²) in [6.45, 7) is 5.98. The van der Waals surface area contributed by atoms with E-state index in [0.717, 1.165) is 12.0 Å². The molecule has 1 aliphatic heterocycles. The Hall–Kier alpha value is -0.790. The molecule has 10 heavy (non-hydrogen) atoms. The summed E-state index contributed by atoms with van der Waals surface area (Å²) in [6.07, 6.45) is 2.82. The van der Waals surface area contributed by atoms with E-state index in [0.29, 0.717) is 0 Å². The lowest BCUT2D eigenvalue weighted by molar-refractivity contribution is -0.117. The van der Waals surface area contributed by atoms with Crippen molar-refractivity contribution in [2.75, 3.05) is 0 Å². The van der Waals surface area contributed by atoms with Gasteiger partial charge in [-0.1, -0.05) is 13.0 Å². The van der Waals surface area contributed by atoms with Gasteiger partial charge in [0.25, 0.3) is 0 Å². The Balaban J connectivity index is 2.82. The van der Waals surface area contributed by atoms with Crippen molar-refractivity contribution in [1.82, 2.24) is 5.32 Å². The smallest absolute Gasteiger partial charge is 0.247 e. The van der Waals surface area contributed by atoms with E-state index in [2.05, 4.69) is 5.32 Å². The summed E-state index contributed by atoms with van der Waals surface area (Å²) in [5.41, 5.74) is 0.785. The third-order valence-electron chi connectivity index (χ3n) is 1.64. The van der Waals surface area contributed by atoms with Crippen molar-refractivity contribution in [3.8, 4) is 0 Å². The maximum Gasteiger partial charge on any atom is 0.247 e. The predicted molar refractivity (Wildman–Crippen MR) is 40.6 cm³/mol. The maximum atomic E-state index is 11.0. The SMILES string of the molecule is CCC1=CC(C)(C)NC1=O. The van der Waals surface area contributed by atoms with Crippen LogP contribution in [0.4, 0.5) is 0 Å². The second-order valence-electron chi connectivity index (χ2n) is 3.20. The minimum absolute atomic E-state index is 0.0903. The van der Waals surface area contributed by atoms with E-state index in [1.54, 1.807) is 0 Å². The molecule has 0 aromatic carbocycles. The summed E-state index contributed by atoms with van der Waals surface area (Å²) in [6, 6.07) is 0. The van der Waals surface area contributed by atoms with E-state index in [-0.39, 0.29) is 11.4 Å². The lowest BCUT2D eigenvalue weighted by atomic mass is 10.1. The number of hydrogen-bond donors (Lipinski definition) is 1. The fourth-order valence-corrected chi connectivity index (χ4v) is 1.17. The van der Waals surface area contributed by atoms with Crippen LogP contribution in [0, 0.1) is 0 Å². The topological polar surface area (TPSA) is 29.1 Å². The number of carbonyl (C=O) groups excluding carboxylic acids is 1. The Bertz CT molecular complexity index is 191. The van der Waals surface area contributed by atoms with Crippen molar-refractivity contribution in [2.24, 2.45) is 0 Å². The van der Waals surface area contributed by atoms with Crippen LogP contribution in [0.1, 0.15) is 27.2 Å². The second kappa shape index (κ2) is 2.11. The molecular formula is C8H13NO. The summed E-state index contributed by atoms with van der Waals surface area (Å²) < 4.78 is 0. The number of rotatable bonds is 1. The molecule has 0 unspecified atom stereocenters. The molecule has 0 bridgehead atoms. The zero-order valence-electron chi connectivity index (χ0n) is 6.69. The van der Waals surface area contributed by atoms with Gasteiger partial charge in [0.15, 0.2) is 0 Å². The molecule has 0 aromatic heterocycles. The quantitative estimate of drug-likeness (QED) is 0.581. The number of hydrogen-bond acceptors (Lipinski definition) is 1. The molecule has 0 saturated carbocycles. The lowest BCUT2D eigenvalue weighted by Crippen LogP contribution is -2.35. The molecule has 2 nitrogen and oxygen atoms in total. The van der Waals surface area contributed by atoms with Gasteiger partial charge in [-0.05, 0) is 20.3 Å². The van der Waals surface area contributed by atoms with E-state index in [1.165, 1.54) is 0 Å². The third-order valence-corrected chi connectivity index (χ3v) is 1.64. The molecule has 56 valence electrons. The molecule has 0 radical (unpaired) electrons. The van der Waals surface area contributed by atoms with E-state index in [9.17, 15) is 4.79 Å². The van der Waals surface area contributed by atoms with Gasteiger partial charge in [-0.2, -0.15) is 0 Å². The van der Waals surface area contributed by atoms with Gasteiger partial charge >= 0.3 is 0 Å². The summed E-state index contributed by atoms with van der Waals surface area (Å²) in [7, 11) is 0. The van der Waals surface area contributed by atoms with Gasteiger partial charge in [-0.15, -0.1) is 0 Å². The highest BCUT2D eigenvalue weighted by Crippen LogP contribution is 2.18. The van der Waals surface area contributed by atoms with E-state index < -0.39 is 0 Å². The van der Waals surface area contributed by atoms with Crippen LogP contribution in [-0.4, -0.2) is 11.4 Å². The van der Waals surface area contributed by atoms with Gasteiger partial charge in [-0.25, -0.2) is 0 Å². The third kappa shape index (κ3) is 1.20. The number of carbonyl (C=O) groups is 1. The number of nitrogens with one attached hydrogen (secondary N) is 1. The van der Waals surface area contributed by atoms with E-state index in [1.807, 2.05) is 26.8 Å². The Morgan fingerprint density at radius 2 is 2.20 bits per heavy atom. The van der Waals surface area contributed by atoms with Crippen LogP contribution >= 0.6 is 0 Å². The lowest BCUT2D eigenvalue weighted by Gasteiger charge is -2.14. The van der Waals surface area contributed by atoms with Crippen LogP contribution in [0.15, 0.2) is 11.6 Å². The molecule has 2 heteroatoms. The van der Waals surface area contributed by atoms with Crippen LogP contribution < -0.4 is 5.32 Å². The summed E-state index contributed by atoms with van der Waals surface area (Å²) in [5, 5.41) is 2.86. The molecule has 1 N–H and O–H groups in total. The molecule has 0 spiro atoms. The van der Waals surface area contributed by atoms with E-state index >= 15 is 0 Å². The molecule has 0 aliphatic carbocycles. The molecule has 0 aromatic rings. The van der Waals surface area contributed by atoms with Crippen LogP contribution in [0.5, 0.6) is 0 Å². The van der Waals surface area contributed by atoms with Crippen LogP contribution in [-0.2, 0) is 4.79 Å². The summed E-state index contributed by atoms with van der Waals surface area (Å²) in [5.74, 6) is 0.0903. The molecule has 1 amide bonds. The largest absolute Gasteiger partial charge is 0.344 e. The Morgan fingerprint density at radius 1 is 1.60 bits per heavy atom. The minimum Gasteiger partial charge on any atom is -0.344 e. The highest BCUT2D eigenvalue weighted by Gasteiger charge is 2.27. The highest BCUT2D eigenvalue weighted by molar-refractivity contribution is 5.96. The first kappa shape index (κ1) is 7.32. The van der Waals surface area contributed by atoms with Crippen molar-refractivity contribution in [2.45, 2.75) is 32.7 Å². The van der Waals surface area contributed by atoms with Crippen molar-refractivity contribution >= 4 is 5.91 Å². The molecule has 1 heterocycles. The monoisotopic (exact) mass is 139 g/mol. The minimum atomic E-state index is -0.123. The van der Waals surface area contributed by atoms with Gasteiger partial charge in [0.2, 0.25) is 5.91 Å². The average Bonchev–Trinajstić information content (AvgIpc) is 2.05. The first-order valence-corrected chi connectivity index (χ1v) is 3.59. The molecule has 1 aliphatic rings. The predicted octanol–water partition coefficient (Wildman–Crippen LogP) is 1.23. The average molecular weight is 139 g/mol. The summed E-state index contributed by atoms with van der Waals surface area (Å²) in [4.78, 5) is 11.0. The Kier molecular flexibility index (Phi) is 1.55. The van der Waals surface area contributed by atoms with Crippen LogP contribution in [0.25, 0.3) is 0 Å². The molecule has 0 saturated heterocycles. The first-order chi connectivity index (χ1) is 4.55. The van der Waals surface area contributed by atoms with Crippen LogP contribution in [0.3, 0.4) is 0 Å². The van der Waals surface area contributed by atoms with Gasteiger partial charge in [-0.3, -0.25) is 4.79 Å². The zero-order chi connectivity index (χ0) is 7.78. The second-order valence-corrected chi connectivity index (χ2v) is 3.20. The normalized spacial score (nSPS) is 22.3. The Labute approximate surface area is 61.3 Å². The van der Waals surface area contributed by atoms with Gasteiger partial charge < -0.3 is 5.32 Å². The van der Waals surface area contributed by atoms with E-state index in [4.69, 9.17) is 0 Å². The molecule has 1 rings (SSSR count). The highest BCUT2D eigenvalue weighted by atomic mass is 16.2. The van der Waals surface area contributed by atoms with Gasteiger partial charge in [0, 0.05) is 5.57 Å².